The second-order valence-corrected chi connectivity index (χ2v) is 12.4. The zero-order valence-corrected chi connectivity index (χ0v) is 20.7. The first-order valence-corrected chi connectivity index (χ1v) is 13.5. The molecule has 0 spiro atoms. The van der Waals surface area contributed by atoms with Gasteiger partial charge >= 0.3 is 0 Å². The molecular formula is C29H42N2O2. The van der Waals surface area contributed by atoms with E-state index in [-0.39, 0.29) is 23.8 Å². The molecule has 0 saturated heterocycles. The summed E-state index contributed by atoms with van der Waals surface area (Å²) in [6.45, 7) is 6.29. The van der Waals surface area contributed by atoms with E-state index in [1.165, 1.54) is 56.9 Å². The van der Waals surface area contributed by atoms with Crippen molar-refractivity contribution in [1.29, 1.82) is 0 Å². The number of benzene rings is 1. The fraction of sp³-hybridized carbons (Fsp3) is 0.724. The lowest BCUT2D eigenvalue weighted by molar-refractivity contribution is -0.124. The third kappa shape index (κ3) is 4.72. The zero-order valence-electron chi connectivity index (χ0n) is 20.7. The van der Waals surface area contributed by atoms with E-state index in [1.54, 1.807) is 0 Å². The molecule has 5 aliphatic carbocycles. The fourth-order valence-electron chi connectivity index (χ4n) is 7.89. The molecule has 33 heavy (non-hydrogen) atoms. The third-order valence-corrected chi connectivity index (χ3v) is 9.40. The van der Waals surface area contributed by atoms with Crippen molar-refractivity contribution < 1.29 is 9.59 Å². The summed E-state index contributed by atoms with van der Waals surface area (Å²) in [7, 11) is 0. The zero-order chi connectivity index (χ0) is 23.2. The summed E-state index contributed by atoms with van der Waals surface area (Å²) in [5.74, 6) is 3.36. The molecule has 5 aliphatic rings. The number of hydrogen-bond donors (Lipinski definition) is 2. The molecule has 5 saturated carbocycles. The third-order valence-electron chi connectivity index (χ3n) is 9.40. The predicted molar refractivity (Wildman–Crippen MR) is 132 cm³/mol. The van der Waals surface area contributed by atoms with E-state index in [2.05, 4.69) is 29.7 Å². The van der Waals surface area contributed by atoms with Crippen LogP contribution in [-0.4, -0.2) is 23.9 Å². The minimum absolute atomic E-state index is 0.0388. The molecule has 1 aromatic carbocycles. The van der Waals surface area contributed by atoms with Gasteiger partial charge in [0.15, 0.2) is 0 Å². The molecule has 0 aromatic heterocycles. The number of amides is 2. The van der Waals surface area contributed by atoms with Crippen molar-refractivity contribution in [3.8, 4) is 0 Å². The summed E-state index contributed by atoms with van der Waals surface area (Å²) >= 11 is 0. The monoisotopic (exact) mass is 450 g/mol. The van der Waals surface area contributed by atoms with E-state index in [1.807, 2.05) is 26.0 Å². The summed E-state index contributed by atoms with van der Waals surface area (Å²) in [6.07, 6.45) is 12.7. The van der Waals surface area contributed by atoms with E-state index < -0.39 is 6.04 Å². The minimum Gasteiger partial charge on any atom is -0.352 e. The van der Waals surface area contributed by atoms with Crippen LogP contribution in [0.4, 0.5) is 0 Å². The molecule has 0 heterocycles. The lowest BCUT2D eigenvalue weighted by Gasteiger charge is -2.57. The Hall–Kier alpha value is -1.84. The van der Waals surface area contributed by atoms with E-state index in [9.17, 15) is 9.59 Å². The molecule has 0 radical (unpaired) electrons. The molecule has 1 atom stereocenters. The lowest BCUT2D eigenvalue weighted by Crippen LogP contribution is -2.52. The summed E-state index contributed by atoms with van der Waals surface area (Å²) in [6, 6.07) is 8.12. The second kappa shape index (κ2) is 9.07. The van der Waals surface area contributed by atoms with Crippen LogP contribution in [0, 0.1) is 29.6 Å². The van der Waals surface area contributed by atoms with E-state index in [0.717, 1.165) is 36.5 Å². The van der Waals surface area contributed by atoms with E-state index in [0.29, 0.717) is 11.0 Å². The molecule has 1 aromatic rings. The highest BCUT2D eigenvalue weighted by molar-refractivity contribution is 5.97. The quantitative estimate of drug-likeness (QED) is 0.592. The molecule has 0 unspecified atom stereocenters. The first-order valence-electron chi connectivity index (χ1n) is 13.5. The number of carbonyl (C=O) groups is 2. The van der Waals surface area contributed by atoms with Crippen LogP contribution in [0.3, 0.4) is 0 Å². The molecule has 180 valence electrons. The number of nitrogens with one attached hydrogen (secondary N) is 2. The molecule has 4 bridgehead atoms. The molecule has 2 N–H and O–H groups in total. The molecule has 4 nitrogen and oxygen atoms in total. The fourth-order valence-corrected chi connectivity index (χ4v) is 7.89. The smallest absolute Gasteiger partial charge is 0.251 e. The van der Waals surface area contributed by atoms with Gasteiger partial charge in [-0.25, -0.2) is 0 Å². The summed E-state index contributed by atoms with van der Waals surface area (Å²) in [4.78, 5) is 26.1. The topological polar surface area (TPSA) is 58.2 Å². The van der Waals surface area contributed by atoms with Crippen molar-refractivity contribution in [3.63, 3.8) is 0 Å². The van der Waals surface area contributed by atoms with Crippen molar-refractivity contribution in [1.82, 2.24) is 10.6 Å². The van der Waals surface area contributed by atoms with Gasteiger partial charge in [0.25, 0.3) is 5.91 Å². The molecule has 0 aliphatic heterocycles. The van der Waals surface area contributed by atoms with Crippen molar-refractivity contribution in [3.05, 3.63) is 35.4 Å². The number of carbonyl (C=O) groups excluding carboxylic acids is 2. The Labute approximate surface area is 199 Å². The Balaban J connectivity index is 1.23. The summed E-state index contributed by atoms with van der Waals surface area (Å²) < 4.78 is 0. The molecule has 6 rings (SSSR count). The number of rotatable bonds is 6. The van der Waals surface area contributed by atoms with Gasteiger partial charge in [0, 0.05) is 11.6 Å². The van der Waals surface area contributed by atoms with Crippen molar-refractivity contribution in [2.24, 2.45) is 29.6 Å². The highest BCUT2D eigenvalue weighted by Gasteiger charge is 2.51. The van der Waals surface area contributed by atoms with Crippen molar-refractivity contribution in [2.75, 3.05) is 0 Å². The van der Waals surface area contributed by atoms with Gasteiger partial charge in [-0.05, 0) is 117 Å². The highest BCUT2D eigenvalue weighted by Crippen LogP contribution is 2.60. The van der Waals surface area contributed by atoms with Gasteiger partial charge in [-0.2, -0.15) is 0 Å². The van der Waals surface area contributed by atoms with E-state index >= 15 is 0 Å². The molecule has 5 fully saturated rings. The Morgan fingerprint density at radius 3 is 1.94 bits per heavy atom. The standard InChI is InChI=1S/C29H42N2O2/c1-18(2)26(28(33)30-25-10-4-19(3)5-11-25)31-27(32)23-6-8-24(9-7-23)29-15-20-12-21(16-29)14-22(13-20)17-29/h6-9,18-22,25-26H,4-5,10-17H2,1-3H3,(H,30,33)(H,31,32)/t19?,20?,21?,22?,25?,26-,29?/m1/s1. The van der Waals surface area contributed by atoms with Crippen molar-refractivity contribution >= 4 is 11.8 Å². The SMILES string of the molecule is CC1CCC(NC(=O)[C@H](NC(=O)c2ccc(C34CC5CC(CC(C5)C3)C4)cc2)C(C)C)CC1. The van der Waals surface area contributed by atoms with Crippen LogP contribution in [0.15, 0.2) is 24.3 Å². The van der Waals surface area contributed by atoms with Gasteiger partial charge in [-0.15, -0.1) is 0 Å². The Kier molecular flexibility index (Phi) is 6.30. The average Bonchev–Trinajstić information content (AvgIpc) is 2.78. The van der Waals surface area contributed by atoms with Gasteiger partial charge in [0.1, 0.15) is 6.04 Å². The van der Waals surface area contributed by atoms with Crippen LogP contribution in [0.1, 0.15) is 101 Å². The van der Waals surface area contributed by atoms with Crippen LogP contribution in [-0.2, 0) is 10.2 Å². The largest absolute Gasteiger partial charge is 0.352 e. The van der Waals surface area contributed by atoms with Gasteiger partial charge in [-0.1, -0.05) is 32.9 Å². The van der Waals surface area contributed by atoms with Gasteiger partial charge in [-0.3, -0.25) is 9.59 Å². The van der Waals surface area contributed by atoms with Crippen LogP contribution in [0.2, 0.25) is 0 Å². The second-order valence-electron chi connectivity index (χ2n) is 12.4. The van der Waals surface area contributed by atoms with Gasteiger partial charge in [0.05, 0.1) is 0 Å². The van der Waals surface area contributed by atoms with Gasteiger partial charge in [0.2, 0.25) is 5.91 Å². The minimum atomic E-state index is -0.500. The van der Waals surface area contributed by atoms with Crippen LogP contribution >= 0.6 is 0 Å². The maximum absolute atomic E-state index is 13.1. The first-order chi connectivity index (χ1) is 15.8. The Morgan fingerprint density at radius 2 is 1.42 bits per heavy atom. The lowest BCUT2D eigenvalue weighted by atomic mass is 9.48. The normalized spacial score (nSPS) is 35.9. The Bertz CT molecular complexity index is 831. The molecule has 4 heteroatoms. The first kappa shape index (κ1) is 22.9. The number of hydrogen-bond acceptors (Lipinski definition) is 2. The highest BCUT2D eigenvalue weighted by atomic mass is 16.2. The summed E-state index contributed by atoms with van der Waals surface area (Å²) in [5.41, 5.74) is 2.44. The predicted octanol–water partition coefficient (Wildman–Crippen LogP) is 5.60. The maximum Gasteiger partial charge on any atom is 0.251 e. The molecule has 2 amide bonds. The van der Waals surface area contributed by atoms with Crippen LogP contribution < -0.4 is 10.6 Å². The van der Waals surface area contributed by atoms with Crippen LogP contribution in [0.25, 0.3) is 0 Å². The Morgan fingerprint density at radius 1 is 0.879 bits per heavy atom. The maximum atomic E-state index is 13.1. The van der Waals surface area contributed by atoms with Crippen molar-refractivity contribution in [2.45, 2.75) is 102 Å². The van der Waals surface area contributed by atoms with Crippen LogP contribution in [0.5, 0.6) is 0 Å². The summed E-state index contributed by atoms with van der Waals surface area (Å²) in [5, 5.41) is 6.24. The van der Waals surface area contributed by atoms with E-state index in [4.69, 9.17) is 0 Å². The van der Waals surface area contributed by atoms with Gasteiger partial charge < -0.3 is 10.6 Å². The average molecular weight is 451 g/mol. The molecular weight excluding hydrogens is 408 g/mol.